The molecule has 0 spiro atoms. The lowest BCUT2D eigenvalue weighted by Crippen LogP contribution is -2.12. The van der Waals surface area contributed by atoms with E-state index >= 15 is 0 Å². The first-order valence-electron chi connectivity index (χ1n) is 5.95. The minimum Gasteiger partial charge on any atom is -0.383 e. The molecule has 0 atom stereocenters. The van der Waals surface area contributed by atoms with E-state index in [-0.39, 0.29) is 0 Å². The third kappa shape index (κ3) is 1.88. The zero-order valence-corrected chi connectivity index (χ0v) is 11.8. The maximum atomic E-state index is 5.93. The zero-order valence-electron chi connectivity index (χ0n) is 10.2. The van der Waals surface area contributed by atoms with E-state index in [2.05, 4.69) is 51.2 Å². The van der Waals surface area contributed by atoms with Crippen LogP contribution in [0.15, 0.2) is 28.9 Å². The molecule has 1 aromatic carbocycles. The first-order chi connectivity index (χ1) is 8.65. The van der Waals surface area contributed by atoms with E-state index in [0.29, 0.717) is 12.4 Å². The number of nitrogen functional groups attached to an aromatic ring is 1. The Morgan fingerprint density at radius 2 is 2.28 bits per heavy atom. The van der Waals surface area contributed by atoms with Crippen molar-refractivity contribution in [2.24, 2.45) is 0 Å². The Balaban J connectivity index is 1.88. The molecule has 0 saturated carbocycles. The van der Waals surface area contributed by atoms with Gasteiger partial charge in [-0.1, -0.05) is 12.1 Å². The van der Waals surface area contributed by atoms with Crippen molar-refractivity contribution in [3.63, 3.8) is 0 Å². The summed E-state index contributed by atoms with van der Waals surface area (Å²) >= 11 is 3.37. The predicted octanol–water partition coefficient (Wildman–Crippen LogP) is 2.27. The molecule has 5 heteroatoms. The largest absolute Gasteiger partial charge is 0.383 e. The maximum Gasteiger partial charge on any atom is 0.136 e. The Morgan fingerprint density at radius 1 is 1.44 bits per heavy atom. The van der Waals surface area contributed by atoms with Crippen LogP contribution in [0.3, 0.4) is 0 Å². The number of nitrogens with zero attached hydrogens (tertiary/aromatic N) is 3. The van der Waals surface area contributed by atoms with E-state index in [9.17, 15) is 0 Å². The number of hydrogen-bond acceptors (Lipinski definition) is 3. The van der Waals surface area contributed by atoms with Gasteiger partial charge < -0.3 is 10.6 Å². The lowest BCUT2D eigenvalue weighted by Gasteiger charge is -2.12. The standard InChI is InChI=1S/C13H15BrN4/c1-17-5-4-10-6-9(2-3-12(10)17)8-18-13(15)11(14)7-16-18/h2-3,6-7H,4-5,8,15H2,1H3. The second-order valence-corrected chi connectivity index (χ2v) is 5.52. The van der Waals surface area contributed by atoms with Crippen LogP contribution in [-0.2, 0) is 13.0 Å². The summed E-state index contributed by atoms with van der Waals surface area (Å²) in [6.45, 7) is 1.82. The van der Waals surface area contributed by atoms with Crippen LogP contribution in [0.2, 0.25) is 0 Å². The molecular weight excluding hydrogens is 292 g/mol. The van der Waals surface area contributed by atoms with Gasteiger partial charge >= 0.3 is 0 Å². The van der Waals surface area contributed by atoms with E-state index in [0.717, 1.165) is 17.4 Å². The number of benzene rings is 1. The van der Waals surface area contributed by atoms with Crippen LogP contribution < -0.4 is 10.6 Å². The van der Waals surface area contributed by atoms with Crippen LogP contribution in [0.1, 0.15) is 11.1 Å². The molecule has 1 aliphatic rings. The predicted molar refractivity (Wildman–Crippen MR) is 76.9 cm³/mol. The first kappa shape index (κ1) is 11.6. The van der Waals surface area contributed by atoms with Gasteiger partial charge in [-0.25, -0.2) is 4.68 Å². The van der Waals surface area contributed by atoms with Gasteiger partial charge in [-0.15, -0.1) is 0 Å². The summed E-state index contributed by atoms with van der Waals surface area (Å²) in [4.78, 5) is 2.29. The number of rotatable bonds is 2. The van der Waals surface area contributed by atoms with Crippen molar-refractivity contribution < 1.29 is 0 Å². The molecule has 1 aromatic heterocycles. The number of anilines is 2. The molecule has 0 aliphatic carbocycles. The summed E-state index contributed by atoms with van der Waals surface area (Å²) in [7, 11) is 2.13. The SMILES string of the molecule is CN1CCc2cc(Cn3ncc(Br)c3N)ccc21. The van der Waals surface area contributed by atoms with Crippen LogP contribution in [0.5, 0.6) is 0 Å². The van der Waals surface area contributed by atoms with E-state index in [1.807, 2.05) is 4.68 Å². The third-order valence-electron chi connectivity index (χ3n) is 3.44. The molecule has 2 aromatic rings. The molecular formula is C13H15BrN4. The maximum absolute atomic E-state index is 5.93. The number of likely N-dealkylation sites (N-methyl/N-ethyl adjacent to an activating group) is 1. The van der Waals surface area contributed by atoms with Gasteiger partial charge in [-0.2, -0.15) is 5.10 Å². The molecule has 0 amide bonds. The molecule has 0 saturated heterocycles. The average molecular weight is 307 g/mol. The van der Waals surface area contributed by atoms with Crippen molar-refractivity contribution in [3.8, 4) is 0 Å². The summed E-state index contributed by atoms with van der Waals surface area (Å²) in [5, 5.41) is 4.25. The number of aromatic nitrogens is 2. The number of hydrogen-bond donors (Lipinski definition) is 1. The number of fused-ring (bicyclic) bond motifs is 1. The van der Waals surface area contributed by atoms with Crippen molar-refractivity contribution in [2.75, 3.05) is 24.2 Å². The summed E-state index contributed by atoms with van der Waals surface area (Å²) in [5.41, 5.74) is 9.93. The minimum atomic E-state index is 0.674. The Bertz CT molecular complexity index is 591. The van der Waals surface area contributed by atoms with Gasteiger partial charge in [0.05, 0.1) is 17.2 Å². The Labute approximate surface area is 115 Å². The molecule has 94 valence electrons. The Kier molecular flexibility index (Phi) is 2.78. The van der Waals surface area contributed by atoms with Crippen LogP contribution in [-0.4, -0.2) is 23.4 Å². The Morgan fingerprint density at radius 3 is 3.00 bits per heavy atom. The van der Waals surface area contributed by atoms with Gasteiger partial charge in [0.2, 0.25) is 0 Å². The highest BCUT2D eigenvalue weighted by molar-refractivity contribution is 9.10. The summed E-state index contributed by atoms with van der Waals surface area (Å²) in [6.07, 6.45) is 2.86. The highest BCUT2D eigenvalue weighted by Gasteiger charge is 2.15. The lowest BCUT2D eigenvalue weighted by molar-refractivity contribution is 0.696. The fourth-order valence-corrected chi connectivity index (χ4v) is 2.69. The topological polar surface area (TPSA) is 47.1 Å². The third-order valence-corrected chi connectivity index (χ3v) is 4.05. The monoisotopic (exact) mass is 306 g/mol. The van der Waals surface area contributed by atoms with Crippen LogP contribution in [0, 0.1) is 0 Å². The van der Waals surface area contributed by atoms with Crippen molar-refractivity contribution in [2.45, 2.75) is 13.0 Å². The van der Waals surface area contributed by atoms with Gasteiger partial charge in [0.25, 0.3) is 0 Å². The molecule has 0 fully saturated rings. The van der Waals surface area contributed by atoms with E-state index < -0.39 is 0 Å². The minimum absolute atomic E-state index is 0.674. The van der Waals surface area contributed by atoms with E-state index in [1.165, 1.54) is 16.8 Å². The molecule has 1 aliphatic heterocycles. The van der Waals surface area contributed by atoms with Crippen molar-refractivity contribution in [3.05, 3.63) is 40.0 Å². The normalized spacial score (nSPS) is 14.0. The molecule has 0 radical (unpaired) electrons. The van der Waals surface area contributed by atoms with Crippen molar-refractivity contribution in [1.29, 1.82) is 0 Å². The number of nitrogens with two attached hydrogens (primary N) is 1. The van der Waals surface area contributed by atoms with E-state index in [1.54, 1.807) is 6.20 Å². The molecule has 4 nitrogen and oxygen atoms in total. The van der Waals surface area contributed by atoms with Crippen molar-refractivity contribution in [1.82, 2.24) is 9.78 Å². The molecule has 3 rings (SSSR count). The summed E-state index contributed by atoms with van der Waals surface area (Å²) < 4.78 is 2.66. The van der Waals surface area contributed by atoms with Gasteiger partial charge in [0.15, 0.2) is 0 Å². The molecule has 18 heavy (non-hydrogen) atoms. The van der Waals surface area contributed by atoms with Gasteiger partial charge in [0, 0.05) is 19.3 Å². The molecule has 2 heterocycles. The fraction of sp³-hybridized carbons (Fsp3) is 0.308. The fourth-order valence-electron chi connectivity index (χ4n) is 2.39. The highest BCUT2D eigenvalue weighted by atomic mass is 79.9. The molecule has 2 N–H and O–H groups in total. The first-order valence-corrected chi connectivity index (χ1v) is 6.74. The second-order valence-electron chi connectivity index (χ2n) is 4.67. The smallest absolute Gasteiger partial charge is 0.136 e. The van der Waals surface area contributed by atoms with Gasteiger partial charge in [-0.3, -0.25) is 0 Å². The lowest BCUT2D eigenvalue weighted by atomic mass is 10.1. The summed E-state index contributed by atoms with van der Waals surface area (Å²) in [6, 6.07) is 6.59. The van der Waals surface area contributed by atoms with Crippen molar-refractivity contribution >= 4 is 27.4 Å². The zero-order chi connectivity index (χ0) is 12.7. The Hall–Kier alpha value is -1.49. The summed E-state index contributed by atoms with van der Waals surface area (Å²) in [5.74, 6) is 0.674. The molecule has 0 unspecified atom stereocenters. The highest BCUT2D eigenvalue weighted by Crippen LogP contribution is 2.28. The average Bonchev–Trinajstić information content (AvgIpc) is 2.88. The van der Waals surface area contributed by atoms with Gasteiger partial charge in [0.1, 0.15) is 5.82 Å². The van der Waals surface area contributed by atoms with Crippen LogP contribution in [0.4, 0.5) is 11.5 Å². The van der Waals surface area contributed by atoms with E-state index in [4.69, 9.17) is 5.73 Å². The van der Waals surface area contributed by atoms with Crippen LogP contribution in [0.25, 0.3) is 0 Å². The van der Waals surface area contributed by atoms with Crippen LogP contribution >= 0.6 is 15.9 Å². The quantitative estimate of drug-likeness (QED) is 0.926. The van der Waals surface area contributed by atoms with Gasteiger partial charge in [-0.05, 0) is 39.5 Å². The number of halogens is 1. The molecule has 0 bridgehead atoms. The second kappa shape index (κ2) is 4.31.